The maximum absolute atomic E-state index is 14.0. The van der Waals surface area contributed by atoms with Crippen molar-refractivity contribution < 1.29 is 9.59 Å². The minimum Gasteiger partial charge on any atom is -0.350 e. The number of hydrogen-bond acceptors (Lipinski definition) is 2. The van der Waals surface area contributed by atoms with E-state index in [4.69, 9.17) is 0 Å². The van der Waals surface area contributed by atoms with Gasteiger partial charge in [0, 0.05) is 30.0 Å². The predicted octanol–water partition coefficient (Wildman–Crippen LogP) is 5.33. The summed E-state index contributed by atoms with van der Waals surface area (Å²) in [5, 5.41) is 3.77. The molecule has 7 saturated carbocycles. The summed E-state index contributed by atoms with van der Waals surface area (Å²) in [5.41, 5.74) is 0.371. The minimum atomic E-state index is 0.0897. The lowest BCUT2D eigenvalue weighted by atomic mass is 9.47. The molecule has 8 rings (SSSR count). The van der Waals surface area contributed by atoms with E-state index < -0.39 is 0 Å². The predicted molar refractivity (Wildman–Crippen MR) is 133 cm³/mol. The van der Waals surface area contributed by atoms with Gasteiger partial charge in [0.15, 0.2) is 0 Å². The Morgan fingerprint density at radius 1 is 0.941 bits per heavy atom. The fraction of sp³-hybridized carbons (Fsp3) is 0.867. The van der Waals surface area contributed by atoms with Crippen molar-refractivity contribution in [2.45, 2.75) is 102 Å². The molecule has 0 unspecified atom stereocenters. The molecule has 0 aromatic carbocycles. The van der Waals surface area contributed by atoms with Crippen LogP contribution in [-0.4, -0.2) is 35.3 Å². The third-order valence-electron chi connectivity index (χ3n) is 12.9. The average Bonchev–Trinajstić information content (AvgIpc) is 3.13. The van der Waals surface area contributed by atoms with Crippen molar-refractivity contribution >= 4 is 11.8 Å². The van der Waals surface area contributed by atoms with Gasteiger partial charge in [0.2, 0.25) is 11.8 Å². The van der Waals surface area contributed by atoms with Crippen molar-refractivity contribution in [3.05, 3.63) is 12.2 Å². The number of carbonyl (C=O) groups is 2. The Morgan fingerprint density at radius 2 is 1.62 bits per heavy atom. The first kappa shape index (κ1) is 21.9. The van der Waals surface area contributed by atoms with Crippen molar-refractivity contribution in [3.8, 4) is 0 Å². The number of carbonyl (C=O) groups excluding carboxylic acids is 2. The molecular formula is C30H44N2O2. The van der Waals surface area contributed by atoms with Crippen molar-refractivity contribution in [2.24, 2.45) is 52.3 Å². The smallest absolute Gasteiger partial charge is 0.246 e. The van der Waals surface area contributed by atoms with Crippen LogP contribution in [0.2, 0.25) is 0 Å². The second-order valence-electron chi connectivity index (χ2n) is 14.5. The van der Waals surface area contributed by atoms with Crippen molar-refractivity contribution in [1.82, 2.24) is 10.2 Å². The molecule has 1 N–H and O–H groups in total. The lowest BCUT2D eigenvalue weighted by Crippen LogP contribution is -2.62. The van der Waals surface area contributed by atoms with Crippen LogP contribution < -0.4 is 5.32 Å². The molecule has 0 saturated heterocycles. The van der Waals surface area contributed by atoms with Crippen LogP contribution in [0.5, 0.6) is 0 Å². The third-order valence-corrected chi connectivity index (χ3v) is 12.9. The summed E-state index contributed by atoms with van der Waals surface area (Å²) in [6, 6.07) is 0.340. The van der Waals surface area contributed by atoms with Gasteiger partial charge in [-0.15, -0.1) is 0 Å². The number of amides is 2. The van der Waals surface area contributed by atoms with E-state index in [2.05, 4.69) is 25.2 Å². The molecule has 4 bridgehead atoms. The summed E-state index contributed by atoms with van der Waals surface area (Å²) in [5.74, 6) is 5.40. The molecule has 186 valence electrons. The van der Waals surface area contributed by atoms with Crippen molar-refractivity contribution in [3.63, 3.8) is 0 Å². The molecule has 8 aliphatic rings. The van der Waals surface area contributed by atoms with E-state index in [1.807, 2.05) is 18.0 Å². The molecule has 0 spiro atoms. The maximum Gasteiger partial charge on any atom is 0.246 e. The molecule has 0 radical (unpaired) electrons. The highest BCUT2D eigenvalue weighted by molar-refractivity contribution is 5.89. The van der Waals surface area contributed by atoms with Crippen LogP contribution in [0.25, 0.3) is 0 Å². The van der Waals surface area contributed by atoms with Crippen LogP contribution in [-0.2, 0) is 9.59 Å². The first-order valence-corrected chi connectivity index (χ1v) is 14.5. The number of likely N-dealkylation sites (N-methyl/N-ethyl adjacent to an activating group) is 1. The number of rotatable bonds is 2. The topological polar surface area (TPSA) is 49.4 Å². The second kappa shape index (κ2) is 7.13. The lowest BCUT2D eigenvalue weighted by Gasteiger charge is -2.60. The number of nitrogens with one attached hydrogen (secondary N) is 1. The highest BCUT2D eigenvalue weighted by atomic mass is 16.2. The zero-order valence-corrected chi connectivity index (χ0v) is 21.5. The van der Waals surface area contributed by atoms with Crippen LogP contribution in [0, 0.1) is 52.3 Å². The number of fused-ring (bicyclic) bond motifs is 5. The first-order chi connectivity index (χ1) is 16.2. The molecular weight excluding hydrogens is 420 g/mol. The van der Waals surface area contributed by atoms with Gasteiger partial charge in [0.25, 0.3) is 0 Å². The summed E-state index contributed by atoms with van der Waals surface area (Å²) < 4.78 is 0. The van der Waals surface area contributed by atoms with E-state index in [-0.39, 0.29) is 28.2 Å². The van der Waals surface area contributed by atoms with Crippen LogP contribution in [0.3, 0.4) is 0 Å². The summed E-state index contributed by atoms with van der Waals surface area (Å²) in [6.07, 6.45) is 19.2. The van der Waals surface area contributed by atoms with Crippen LogP contribution in [0.1, 0.15) is 90.9 Å². The van der Waals surface area contributed by atoms with Gasteiger partial charge >= 0.3 is 0 Å². The molecule has 4 heteroatoms. The Balaban J connectivity index is 1.11. The third kappa shape index (κ3) is 2.89. The van der Waals surface area contributed by atoms with Crippen LogP contribution in [0.4, 0.5) is 0 Å². The van der Waals surface area contributed by atoms with E-state index in [0.29, 0.717) is 29.7 Å². The molecule has 34 heavy (non-hydrogen) atoms. The van der Waals surface area contributed by atoms with Gasteiger partial charge in [-0.2, -0.15) is 0 Å². The van der Waals surface area contributed by atoms with Crippen molar-refractivity contribution in [2.75, 3.05) is 7.05 Å². The first-order valence-electron chi connectivity index (χ1n) is 14.5. The zero-order chi connectivity index (χ0) is 23.5. The van der Waals surface area contributed by atoms with Gasteiger partial charge < -0.3 is 10.2 Å². The molecule has 1 heterocycles. The second-order valence-corrected chi connectivity index (χ2v) is 14.5. The SMILES string of the molecule is CN1C(=O)C=C[C@]2(C)[C@H]3CC[C@]4(C)[C@@H](C(=O)NC56CC7CC(CC(C7)C5)C6)CC[C@H]4[C@@H]3CC[C@@H]12. The Bertz CT molecular complexity index is 905. The Kier molecular flexibility index (Phi) is 4.60. The highest BCUT2D eigenvalue weighted by Crippen LogP contribution is 2.66. The molecule has 0 aromatic rings. The molecule has 7 fully saturated rings. The summed E-state index contributed by atoms with van der Waals surface area (Å²) in [6.45, 7) is 4.90. The molecule has 7 aliphatic carbocycles. The maximum atomic E-state index is 14.0. The highest BCUT2D eigenvalue weighted by Gasteiger charge is 2.62. The molecule has 1 aliphatic heterocycles. The quantitative estimate of drug-likeness (QED) is 0.601. The lowest BCUT2D eigenvalue weighted by molar-refractivity contribution is -0.144. The minimum absolute atomic E-state index is 0.0897. The fourth-order valence-electron chi connectivity index (χ4n) is 11.8. The summed E-state index contributed by atoms with van der Waals surface area (Å²) in [7, 11) is 2.00. The number of hydrogen-bond donors (Lipinski definition) is 1. The molecule has 4 nitrogen and oxygen atoms in total. The standard InChI is InChI=1S/C30H44N2O2/c1-28-10-8-23-21(4-7-25-29(23,2)11-9-26(33)32(25)3)22(28)5-6-24(28)27(34)31-30-15-18-12-19(16-30)14-20(13-18)17-30/h9,11,18-25H,4-8,10,12-17H2,1-3H3,(H,31,34)/t18?,19?,20?,21-,22-,23-,24+,25+,28-,29+,30?/m0/s1. The normalized spacial score (nSPS) is 55.0. The largest absolute Gasteiger partial charge is 0.350 e. The van der Waals surface area contributed by atoms with Gasteiger partial charge in [-0.05, 0) is 124 Å². The molecule has 2 amide bonds. The van der Waals surface area contributed by atoms with Crippen LogP contribution in [0.15, 0.2) is 12.2 Å². The Hall–Kier alpha value is -1.32. The van der Waals surface area contributed by atoms with Gasteiger partial charge in [-0.1, -0.05) is 19.9 Å². The van der Waals surface area contributed by atoms with Gasteiger partial charge in [0.05, 0.1) is 0 Å². The summed E-state index contributed by atoms with van der Waals surface area (Å²) >= 11 is 0. The van der Waals surface area contributed by atoms with E-state index in [1.165, 1.54) is 64.2 Å². The van der Waals surface area contributed by atoms with E-state index in [9.17, 15) is 9.59 Å². The van der Waals surface area contributed by atoms with Gasteiger partial charge in [0.1, 0.15) is 0 Å². The summed E-state index contributed by atoms with van der Waals surface area (Å²) in [4.78, 5) is 28.3. The Morgan fingerprint density at radius 3 is 2.29 bits per heavy atom. The van der Waals surface area contributed by atoms with E-state index >= 15 is 0 Å². The monoisotopic (exact) mass is 464 g/mol. The molecule has 7 atom stereocenters. The molecule has 0 aromatic heterocycles. The number of nitrogens with zero attached hydrogens (tertiary/aromatic N) is 1. The van der Waals surface area contributed by atoms with Gasteiger partial charge in [-0.3, -0.25) is 9.59 Å². The fourth-order valence-corrected chi connectivity index (χ4v) is 11.8. The Labute approximate surface area is 205 Å². The van der Waals surface area contributed by atoms with E-state index in [1.54, 1.807) is 0 Å². The zero-order valence-electron chi connectivity index (χ0n) is 21.5. The van der Waals surface area contributed by atoms with Crippen molar-refractivity contribution in [1.29, 1.82) is 0 Å². The average molecular weight is 465 g/mol. The van der Waals surface area contributed by atoms with Gasteiger partial charge in [-0.25, -0.2) is 0 Å². The van der Waals surface area contributed by atoms with E-state index in [0.717, 1.165) is 30.6 Å². The van der Waals surface area contributed by atoms with Crippen LogP contribution >= 0.6 is 0 Å².